The molecule has 1 heterocycles. The number of rotatable bonds is 2. The van der Waals surface area contributed by atoms with Crippen LogP contribution in [0.5, 0.6) is 0 Å². The molecule has 0 radical (unpaired) electrons. The van der Waals surface area contributed by atoms with E-state index in [1.807, 2.05) is 37.3 Å². The Morgan fingerprint density at radius 3 is 2.70 bits per heavy atom. The molecular formula is C15H14BrNO2S. The van der Waals surface area contributed by atoms with E-state index < -0.39 is 9.84 Å². The van der Waals surface area contributed by atoms with Crippen molar-refractivity contribution >= 4 is 31.5 Å². The van der Waals surface area contributed by atoms with Crippen LogP contribution in [0.2, 0.25) is 0 Å². The zero-order valence-electron chi connectivity index (χ0n) is 10.9. The second kappa shape index (κ2) is 4.90. The van der Waals surface area contributed by atoms with Gasteiger partial charge in [0.25, 0.3) is 0 Å². The van der Waals surface area contributed by atoms with Crippen LogP contribution in [0.4, 0.5) is 5.69 Å². The smallest absolute Gasteiger partial charge is 0.181 e. The van der Waals surface area contributed by atoms with Crippen LogP contribution in [0.3, 0.4) is 0 Å². The fourth-order valence-electron chi connectivity index (χ4n) is 2.52. The number of anilines is 1. The number of hydrogen-bond donors (Lipinski definition) is 1. The molecule has 1 unspecified atom stereocenters. The molecule has 0 saturated heterocycles. The third-order valence-corrected chi connectivity index (χ3v) is 6.40. The Kier molecular flexibility index (Phi) is 3.34. The van der Waals surface area contributed by atoms with Crippen LogP contribution in [0, 0.1) is 6.92 Å². The quantitative estimate of drug-likeness (QED) is 0.897. The summed E-state index contributed by atoms with van der Waals surface area (Å²) in [5.41, 5.74) is 2.88. The van der Waals surface area contributed by atoms with Crippen molar-refractivity contribution in [2.45, 2.75) is 17.9 Å². The molecule has 1 atom stereocenters. The maximum atomic E-state index is 12.2. The average Bonchev–Trinajstić information content (AvgIpc) is 2.67. The molecule has 1 N–H and O–H groups in total. The van der Waals surface area contributed by atoms with Gasteiger partial charge in [0.05, 0.1) is 16.7 Å². The lowest BCUT2D eigenvalue weighted by Gasteiger charge is -2.16. The molecule has 1 aliphatic rings. The lowest BCUT2D eigenvalue weighted by atomic mass is 10.1. The molecule has 3 rings (SSSR count). The molecule has 0 bridgehead atoms. The highest BCUT2D eigenvalue weighted by Gasteiger charge is 2.34. The topological polar surface area (TPSA) is 46.2 Å². The molecule has 1 aliphatic heterocycles. The number of nitrogens with one attached hydrogen (secondary N) is 1. The van der Waals surface area contributed by atoms with Gasteiger partial charge in [0, 0.05) is 10.2 Å². The fourth-order valence-corrected chi connectivity index (χ4v) is 4.63. The lowest BCUT2D eigenvalue weighted by molar-refractivity contribution is 0.598. The maximum Gasteiger partial charge on any atom is 0.181 e. The third kappa shape index (κ3) is 2.25. The highest BCUT2D eigenvalue weighted by molar-refractivity contribution is 9.10. The second-order valence-electron chi connectivity index (χ2n) is 4.95. The third-order valence-electron chi connectivity index (χ3n) is 3.54. The van der Waals surface area contributed by atoms with E-state index in [9.17, 15) is 8.42 Å². The number of aryl methyl sites for hydroxylation is 1. The van der Waals surface area contributed by atoms with E-state index in [1.54, 1.807) is 12.1 Å². The average molecular weight is 352 g/mol. The van der Waals surface area contributed by atoms with Gasteiger partial charge in [-0.05, 0) is 46.1 Å². The van der Waals surface area contributed by atoms with Gasteiger partial charge in [-0.3, -0.25) is 0 Å². The largest absolute Gasteiger partial charge is 0.376 e. The molecule has 2 aromatic carbocycles. The molecule has 0 aromatic heterocycles. The molecule has 20 heavy (non-hydrogen) atoms. The minimum absolute atomic E-state index is 0.104. The highest BCUT2D eigenvalue weighted by atomic mass is 79.9. The monoisotopic (exact) mass is 351 g/mol. The first-order valence-corrected chi connectivity index (χ1v) is 8.77. The number of benzene rings is 2. The minimum atomic E-state index is -3.18. The van der Waals surface area contributed by atoms with Crippen LogP contribution in [-0.4, -0.2) is 14.2 Å². The van der Waals surface area contributed by atoms with Crippen molar-refractivity contribution in [3.63, 3.8) is 0 Å². The van der Waals surface area contributed by atoms with E-state index >= 15 is 0 Å². The Hall–Kier alpha value is -1.33. The van der Waals surface area contributed by atoms with Crippen molar-refractivity contribution in [1.82, 2.24) is 0 Å². The number of hydrogen-bond acceptors (Lipinski definition) is 3. The SMILES string of the molecule is Cc1cccc(NC2CS(=O)(=O)c3ccccc32)c1Br. The Morgan fingerprint density at radius 2 is 1.90 bits per heavy atom. The van der Waals surface area contributed by atoms with Gasteiger partial charge in [0.2, 0.25) is 0 Å². The second-order valence-corrected chi connectivity index (χ2v) is 7.75. The number of sulfone groups is 1. The van der Waals surface area contributed by atoms with E-state index in [4.69, 9.17) is 0 Å². The van der Waals surface area contributed by atoms with Crippen molar-refractivity contribution in [1.29, 1.82) is 0 Å². The van der Waals surface area contributed by atoms with Gasteiger partial charge in [0.1, 0.15) is 0 Å². The molecule has 0 spiro atoms. The van der Waals surface area contributed by atoms with E-state index in [2.05, 4.69) is 21.2 Å². The summed E-state index contributed by atoms with van der Waals surface area (Å²) >= 11 is 3.54. The molecular weight excluding hydrogens is 338 g/mol. The van der Waals surface area contributed by atoms with Crippen LogP contribution in [0.15, 0.2) is 51.8 Å². The summed E-state index contributed by atoms with van der Waals surface area (Å²) in [5, 5.41) is 3.34. The number of fused-ring (bicyclic) bond motifs is 1. The summed E-state index contributed by atoms with van der Waals surface area (Å²) in [6.45, 7) is 2.01. The minimum Gasteiger partial charge on any atom is -0.376 e. The standard InChI is InChI=1S/C15H14BrNO2S/c1-10-5-4-7-12(15(10)16)17-13-9-20(18,19)14-8-3-2-6-11(13)14/h2-8,13,17H,9H2,1H3. The van der Waals surface area contributed by atoms with Crippen molar-refractivity contribution in [3.8, 4) is 0 Å². The molecule has 3 nitrogen and oxygen atoms in total. The summed E-state index contributed by atoms with van der Waals surface area (Å²) in [6, 6.07) is 12.9. The van der Waals surface area contributed by atoms with Crippen molar-refractivity contribution < 1.29 is 8.42 Å². The predicted molar refractivity (Wildman–Crippen MR) is 83.7 cm³/mol. The first-order valence-electron chi connectivity index (χ1n) is 6.32. The van der Waals surface area contributed by atoms with Crippen molar-refractivity contribution in [3.05, 3.63) is 58.1 Å². The van der Waals surface area contributed by atoms with Crippen molar-refractivity contribution in [2.75, 3.05) is 11.1 Å². The van der Waals surface area contributed by atoms with E-state index in [0.29, 0.717) is 4.90 Å². The van der Waals surface area contributed by atoms with E-state index in [-0.39, 0.29) is 11.8 Å². The van der Waals surface area contributed by atoms with Gasteiger partial charge >= 0.3 is 0 Å². The van der Waals surface area contributed by atoms with Gasteiger partial charge in [0.15, 0.2) is 9.84 Å². The Labute approximate surface area is 127 Å². The molecule has 0 aliphatic carbocycles. The van der Waals surface area contributed by atoms with Gasteiger partial charge in [-0.1, -0.05) is 30.3 Å². The van der Waals surface area contributed by atoms with Crippen LogP contribution in [0.25, 0.3) is 0 Å². The molecule has 0 fully saturated rings. The van der Waals surface area contributed by atoms with Crippen molar-refractivity contribution in [2.24, 2.45) is 0 Å². The molecule has 0 amide bonds. The Balaban J connectivity index is 2.00. The zero-order valence-corrected chi connectivity index (χ0v) is 13.3. The Bertz CT molecular complexity index is 771. The molecule has 104 valence electrons. The predicted octanol–water partition coefficient (Wildman–Crippen LogP) is 3.70. The summed E-state index contributed by atoms with van der Waals surface area (Å²) < 4.78 is 25.3. The number of halogens is 1. The van der Waals surface area contributed by atoms with Gasteiger partial charge in [-0.25, -0.2) is 8.42 Å². The summed E-state index contributed by atoms with van der Waals surface area (Å²) in [7, 11) is -3.18. The summed E-state index contributed by atoms with van der Waals surface area (Å²) in [5.74, 6) is 0.104. The van der Waals surface area contributed by atoms with Crippen LogP contribution < -0.4 is 5.32 Å². The van der Waals surface area contributed by atoms with Gasteiger partial charge in [-0.2, -0.15) is 0 Å². The normalized spacial score (nSPS) is 19.6. The summed E-state index contributed by atoms with van der Waals surface area (Å²) in [4.78, 5) is 0.446. The molecule has 0 saturated carbocycles. The lowest BCUT2D eigenvalue weighted by Crippen LogP contribution is -2.13. The van der Waals surface area contributed by atoms with E-state index in [0.717, 1.165) is 21.3 Å². The Morgan fingerprint density at radius 1 is 1.15 bits per heavy atom. The maximum absolute atomic E-state index is 12.2. The first kappa shape index (κ1) is 13.6. The van der Waals surface area contributed by atoms with Crippen LogP contribution >= 0.6 is 15.9 Å². The molecule has 5 heteroatoms. The van der Waals surface area contributed by atoms with Gasteiger partial charge in [-0.15, -0.1) is 0 Å². The first-order chi connectivity index (χ1) is 9.49. The van der Waals surface area contributed by atoms with E-state index in [1.165, 1.54) is 0 Å². The highest BCUT2D eigenvalue weighted by Crippen LogP contribution is 2.37. The summed E-state index contributed by atoms with van der Waals surface area (Å²) in [6.07, 6.45) is 0. The van der Waals surface area contributed by atoms with Crippen LogP contribution in [0.1, 0.15) is 17.2 Å². The zero-order chi connectivity index (χ0) is 14.3. The van der Waals surface area contributed by atoms with Gasteiger partial charge < -0.3 is 5.32 Å². The fraction of sp³-hybridized carbons (Fsp3) is 0.200. The molecule has 2 aromatic rings. The van der Waals surface area contributed by atoms with Crippen LogP contribution in [-0.2, 0) is 9.84 Å².